The Morgan fingerprint density at radius 1 is 1.25 bits per heavy atom. The smallest absolute Gasteiger partial charge is 0.110 e. The number of nitrogens with zero attached hydrogens (tertiary/aromatic N) is 1. The fourth-order valence-corrected chi connectivity index (χ4v) is 0.669. The first kappa shape index (κ1) is 5.86. The summed E-state index contributed by atoms with van der Waals surface area (Å²) in [4.78, 5) is 3.47. The summed E-state index contributed by atoms with van der Waals surface area (Å²) >= 11 is 10.8. The standard InChI is InChI=1S/C5HCl2N/c6-4-1-5(7)3-8-2-4/h1H. The van der Waals surface area contributed by atoms with Crippen LogP contribution in [0.3, 0.4) is 0 Å². The van der Waals surface area contributed by atoms with Crippen molar-refractivity contribution in [2.24, 2.45) is 0 Å². The quantitative estimate of drug-likeness (QED) is 0.545. The van der Waals surface area contributed by atoms with Crippen molar-refractivity contribution in [3.63, 3.8) is 0 Å². The predicted octanol–water partition coefficient (Wildman–Crippen LogP) is 1.99. The van der Waals surface area contributed by atoms with E-state index in [4.69, 9.17) is 23.2 Å². The third-order valence-electron chi connectivity index (χ3n) is 0.579. The van der Waals surface area contributed by atoms with Crippen LogP contribution >= 0.6 is 23.2 Å². The van der Waals surface area contributed by atoms with Crippen LogP contribution in [-0.2, 0) is 0 Å². The normalized spacial score (nSPS) is 9.25. The van der Waals surface area contributed by atoms with Crippen molar-refractivity contribution >= 4 is 23.2 Å². The fraction of sp³-hybridized carbons (Fsp3) is 0. The number of pyridine rings is 1. The molecule has 0 aromatic carbocycles. The third kappa shape index (κ3) is 1.35. The van der Waals surface area contributed by atoms with Gasteiger partial charge in [0, 0.05) is 0 Å². The molecule has 1 rings (SSSR count). The Bertz CT molecular complexity index is 170. The molecule has 0 aliphatic carbocycles. The molecule has 0 aliphatic heterocycles. The minimum absolute atomic E-state index is 0.411. The van der Waals surface area contributed by atoms with E-state index in [1.165, 1.54) is 6.07 Å². The zero-order valence-electron chi connectivity index (χ0n) is 3.78. The van der Waals surface area contributed by atoms with Crippen LogP contribution in [0.1, 0.15) is 0 Å². The highest BCUT2D eigenvalue weighted by Gasteiger charge is 1.88. The molecule has 1 aromatic rings. The Hall–Kier alpha value is -0.270. The molecule has 1 heterocycles. The molecule has 8 heavy (non-hydrogen) atoms. The molecule has 0 bridgehead atoms. The molecule has 0 saturated carbocycles. The molecule has 0 unspecified atom stereocenters. The molecule has 0 fully saturated rings. The molecule has 3 heteroatoms. The average Bonchev–Trinajstić information content (AvgIpc) is 1.64. The second kappa shape index (κ2) is 2.33. The Balaban J connectivity index is 3.08. The second-order valence-corrected chi connectivity index (χ2v) is 1.99. The Morgan fingerprint density at radius 2 is 1.75 bits per heavy atom. The monoisotopic (exact) mass is 145 g/mol. The molecule has 0 spiro atoms. The lowest BCUT2D eigenvalue weighted by Gasteiger charge is -1.83. The van der Waals surface area contributed by atoms with Gasteiger partial charge in [0.15, 0.2) is 0 Å². The minimum atomic E-state index is 0.411. The van der Waals surface area contributed by atoms with E-state index >= 15 is 0 Å². The van der Waals surface area contributed by atoms with E-state index in [2.05, 4.69) is 17.4 Å². The highest BCUT2D eigenvalue weighted by atomic mass is 35.5. The van der Waals surface area contributed by atoms with Crippen molar-refractivity contribution < 1.29 is 0 Å². The zero-order valence-corrected chi connectivity index (χ0v) is 5.29. The summed E-state index contributed by atoms with van der Waals surface area (Å²) < 4.78 is 0. The number of hydrogen-bond acceptors (Lipinski definition) is 1. The van der Waals surface area contributed by atoms with Crippen molar-refractivity contribution in [1.82, 2.24) is 4.98 Å². The van der Waals surface area contributed by atoms with Crippen molar-refractivity contribution in [2.45, 2.75) is 0 Å². The van der Waals surface area contributed by atoms with Gasteiger partial charge in [0.1, 0.15) is 12.4 Å². The van der Waals surface area contributed by atoms with Gasteiger partial charge in [-0.1, -0.05) is 23.2 Å². The zero-order chi connectivity index (χ0) is 5.98. The summed E-state index contributed by atoms with van der Waals surface area (Å²) in [6, 6.07) is 1.52. The van der Waals surface area contributed by atoms with Crippen molar-refractivity contribution in [2.75, 3.05) is 0 Å². The molecule has 0 aliphatic rings. The number of halogens is 2. The van der Waals surface area contributed by atoms with Crippen LogP contribution in [0.4, 0.5) is 0 Å². The van der Waals surface area contributed by atoms with Crippen molar-refractivity contribution in [3.8, 4) is 0 Å². The summed E-state index contributed by atoms with van der Waals surface area (Å²) in [6.45, 7) is 0. The number of aromatic nitrogens is 1. The molecule has 0 atom stereocenters. The van der Waals surface area contributed by atoms with E-state index in [9.17, 15) is 0 Å². The van der Waals surface area contributed by atoms with E-state index < -0.39 is 0 Å². The maximum atomic E-state index is 5.42. The van der Waals surface area contributed by atoms with Gasteiger partial charge in [0.25, 0.3) is 0 Å². The van der Waals surface area contributed by atoms with E-state index in [0.29, 0.717) is 10.0 Å². The molecule has 2 radical (unpaired) electrons. The fourth-order valence-electron chi connectivity index (χ4n) is 0.311. The first-order valence-electron chi connectivity index (χ1n) is 1.90. The summed E-state index contributed by atoms with van der Waals surface area (Å²) in [7, 11) is 0. The van der Waals surface area contributed by atoms with Crippen LogP contribution in [0.15, 0.2) is 6.07 Å². The Labute approximate surface area is 57.3 Å². The SMILES string of the molecule is Clc1[c]n[c]c(Cl)c1. The maximum Gasteiger partial charge on any atom is 0.110 e. The lowest BCUT2D eigenvalue weighted by molar-refractivity contribution is 1.30. The Kier molecular flexibility index (Phi) is 1.71. The van der Waals surface area contributed by atoms with Crippen LogP contribution in [0, 0.1) is 12.4 Å². The summed E-state index contributed by atoms with van der Waals surface area (Å²) in [5.41, 5.74) is 0. The van der Waals surface area contributed by atoms with Gasteiger partial charge in [-0.2, -0.15) is 0 Å². The molecule has 40 valence electrons. The van der Waals surface area contributed by atoms with E-state index in [1.807, 2.05) is 0 Å². The lowest BCUT2D eigenvalue weighted by atomic mass is 10.5. The molecule has 0 saturated heterocycles. The molecule has 0 amide bonds. The van der Waals surface area contributed by atoms with Crippen LogP contribution in [0.5, 0.6) is 0 Å². The molecule has 1 nitrogen and oxygen atoms in total. The molecule has 0 N–H and O–H groups in total. The minimum Gasteiger partial charge on any atom is -0.241 e. The molecule has 1 aromatic heterocycles. The summed E-state index contributed by atoms with van der Waals surface area (Å²) in [6.07, 6.45) is 4.90. The van der Waals surface area contributed by atoms with Crippen LogP contribution in [0.25, 0.3) is 0 Å². The average molecular weight is 146 g/mol. The third-order valence-corrected chi connectivity index (χ3v) is 0.966. The van der Waals surface area contributed by atoms with Gasteiger partial charge in [-0.05, 0) is 6.07 Å². The van der Waals surface area contributed by atoms with E-state index in [0.717, 1.165) is 0 Å². The van der Waals surface area contributed by atoms with Crippen LogP contribution < -0.4 is 0 Å². The number of hydrogen-bond donors (Lipinski definition) is 0. The van der Waals surface area contributed by atoms with E-state index in [-0.39, 0.29) is 0 Å². The second-order valence-electron chi connectivity index (χ2n) is 1.18. The van der Waals surface area contributed by atoms with Crippen LogP contribution in [-0.4, -0.2) is 4.98 Å². The lowest BCUT2D eigenvalue weighted by Crippen LogP contribution is -1.70. The van der Waals surface area contributed by atoms with Gasteiger partial charge in [-0.25, -0.2) is 4.98 Å². The highest BCUT2D eigenvalue weighted by molar-refractivity contribution is 6.34. The summed E-state index contributed by atoms with van der Waals surface area (Å²) in [5.74, 6) is 0. The topological polar surface area (TPSA) is 12.9 Å². The number of rotatable bonds is 0. The van der Waals surface area contributed by atoms with Gasteiger partial charge in [-0.3, -0.25) is 0 Å². The highest BCUT2D eigenvalue weighted by Crippen LogP contribution is 2.10. The van der Waals surface area contributed by atoms with Crippen molar-refractivity contribution in [3.05, 3.63) is 28.5 Å². The largest absolute Gasteiger partial charge is 0.241 e. The van der Waals surface area contributed by atoms with Gasteiger partial charge in [-0.15, -0.1) is 0 Å². The maximum absolute atomic E-state index is 5.42. The predicted molar refractivity (Wildman–Crippen MR) is 31.9 cm³/mol. The Morgan fingerprint density at radius 3 is 2.00 bits per heavy atom. The van der Waals surface area contributed by atoms with Gasteiger partial charge in [0.2, 0.25) is 0 Å². The van der Waals surface area contributed by atoms with Crippen LogP contribution in [0.2, 0.25) is 10.0 Å². The van der Waals surface area contributed by atoms with E-state index in [1.54, 1.807) is 0 Å². The van der Waals surface area contributed by atoms with Crippen molar-refractivity contribution in [1.29, 1.82) is 0 Å². The van der Waals surface area contributed by atoms with Gasteiger partial charge >= 0.3 is 0 Å². The summed E-state index contributed by atoms with van der Waals surface area (Å²) in [5, 5.41) is 0.822. The van der Waals surface area contributed by atoms with Gasteiger partial charge < -0.3 is 0 Å². The first-order chi connectivity index (χ1) is 3.79. The molecular weight excluding hydrogens is 145 g/mol. The van der Waals surface area contributed by atoms with Gasteiger partial charge in [0.05, 0.1) is 10.0 Å². The first-order valence-corrected chi connectivity index (χ1v) is 2.66. The molecular formula is C5HCl2N.